The highest BCUT2D eigenvalue weighted by atomic mass is 32.2. The second-order valence-corrected chi connectivity index (χ2v) is 7.21. The van der Waals surface area contributed by atoms with Gasteiger partial charge in [-0.3, -0.25) is 0 Å². The first-order valence-corrected chi connectivity index (χ1v) is 8.88. The summed E-state index contributed by atoms with van der Waals surface area (Å²) in [4.78, 5) is -0.438. The van der Waals surface area contributed by atoms with Crippen molar-refractivity contribution in [1.29, 1.82) is 0 Å². The third kappa shape index (κ3) is 4.54. The van der Waals surface area contributed by atoms with E-state index in [1.807, 2.05) is 10.8 Å². The predicted octanol–water partition coefficient (Wildman–Crippen LogP) is 3.43. The standard InChI is InChI=1S/C14H14F3NO3S2/c1-21-13(10-5-6-22-9-10)8-18-23(19,20)12-4-2-3-11(7-12)14(15,16)17/h2-7,9,13,18H,8H2,1H3/t13-/m1/s1. The number of hydrogen-bond acceptors (Lipinski definition) is 4. The molecule has 2 aromatic rings. The largest absolute Gasteiger partial charge is 0.416 e. The van der Waals surface area contributed by atoms with Crippen molar-refractivity contribution in [3.05, 3.63) is 52.2 Å². The lowest BCUT2D eigenvalue weighted by atomic mass is 10.2. The Morgan fingerprint density at radius 2 is 2.04 bits per heavy atom. The first-order valence-electron chi connectivity index (χ1n) is 6.46. The fourth-order valence-electron chi connectivity index (χ4n) is 1.90. The summed E-state index contributed by atoms with van der Waals surface area (Å²) in [5, 5.41) is 3.63. The molecule has 1 heterocycles. The third-order valence-electron chi connectivity index (χ3n) is 3.13. The normalized spacial score (nSPS) is 13.9. The van der Waals surface area contributed by atoms with Crippen molar-refractivity contribution < 1.29 is 26.3 Å². The van der Waals surface area contributed by atoms with Crippen LogP contribution in [-0.2, 0) is 20.9 Å². The van der Waals surface area contributed by atoms with Gasteiger partial charge in [0.2, 0.25) is 10.0 Å². The maximum absolute atomic E-state index is 12.7. The fourth-order valence-corrected chi connectivity index (χ4v) is 3.68. The molecule has 0 spiro atoms. The lowest BCUT2D eigenvalue weighted by Gasteiger charge is -2.15. The number of alkyl halides is 3. The molecule has 1 atom stereocenters. The Kier molecular flexibility index (Phi) is 5.45. The van der Waals surface area contributed by atoms with Crippen LogP contribution < -0.4 is 4.72 Å². The smallest absolute Gasteiger partial charge is 0.375 e. The summed E-state index contributed by atoms with van der Waals surface area (Å²) in [5.74, 6) is 0. The molecule has 2 rings (SSSR count). The lowest BCUT2D eigenvalue weighted by molar-refractivity contribution is -0.137. The third-order valence-corrected chi connectivity index (χ3v) is 5.25. The van der Waals surface area contributed by atoms with Crippen molar-refractivity contribution in [1.82, 2.24) is 4.72 Å². The van der Waals surface area contributed by atoms with Crippen molar-refractivity contribution in [2.24, 2.45) is 0 Å². The molecule has 0 unspecified atom stereocenters. The summed E-state index contributed by atoms with van der Waals surface area (Å²) in [6.45, 7) is -0.0776. The van der Waals surface area contributed by atoms with Gasteiger partial charge in [-0.2, -0.15) is 24.5 Å². The van der Waals surface area contributed by atoms with E-state index in [4.69, 9.17) is 4.74 Å². The van der Waals surface area contributed by atoms with E-state index in [1.54, 1.807) is 6.07 Å². The number of halogens is 3. The van der Waals surface area contributed by atoms with Crippen LogP contribution in [0.4, 0.5) is 13.2 Å². The van der Waals surface area contributed by atoms with Crippen LogP contribution in [0.1, 0.15) is 17.2 Å². The van der Waals surface area contributed by atoms with Crippen molar-refractivity contribution in [2.75, 3.05) is 13.7 Å². The minimum absolute atomic E-state index is 0.0776. The monoisotopic (exact) mass is 365 g/mol. The molecule has 1 aromatic heterocycles. The number of benzene rings is 1. The van der Waals surface area contributed by atoms with Gasteiger partial charge >= 0.3 is 6.18 Å². The topological polar surface area (TPSA) is 55.4 Å². The molecule has 1 N–H and O–H groups in total. The quantitative estimate of drug-likeness (QED) is 0.853. The fraction of sp³-hybridized carbons (Fsp3) is 0.286. The molecular weight excluding hydrogens is 351 g/mol. The summed E-state index contributed by atoms with van der Waals surface area (Å²) in [7, 11) is -2.63. The van der Waals surface area contributed by atoms with Crippen molar-refractivity contribution in [2.45, 2.75) is 17.2 Å². The van der Waals surface area contributed by atoms with Crippen LogP contribution in [0.15, 0.2) is 46.0 Å². The minimum Gasteiger partial charge on any atom is -0.375 e. The number of ether oxygens (including phenoxy) is 1. The molecule has 1 aromatic carbocycles. The van der Waals surface area contributed by atoms with Crippen LogP contribution >= 0.6 is 11.3 Å². The molecule has 0 radical (unpaired) electrons. The van der Waals surface area contributed by atoms with Crippen LogP contribution in [0, 0.1) is 0 Å². The van der Waals surface area contributed by atoms with E-state index in [2.05, 4.69) is 4.72 Å². The number of methoxy groups -OCH3 is 1. The zero-order chi connectivity index (χ0) is 17.1. The Labute approximate surface area is 136 Å². The highest BCUT2D eigenvalue weighted by Crippen LogP contribution is 2.30. The SMILES string of the molecule is CO[C@H](CNS(=O)(=O)c1cccc(C(F)(F)F)c1)c1ccsc1. The van der Waals surface area contributed by atoms with Gasteiger partial charge in [-0.15, -0.1) is 0 Å². The van der Waals surface area contributed by atoms with Crippen LogP contribution in [0.2, 0.25) is 0 Å². The molecule has 4 nitrogen and oxygen atoms in total. The summed E-state index contributed by atoms with van der Waals surface area (Å²) in [6, 6.07) is 5.39. The van der Waals surface area contributed by atoms with E-state index in [-0.39, 0.29) is 6.54 Å². The van der Waals surface area contributed by atoms with Gasteiger partial charge in [-0.1, -0.05) is 6.07 Å². The van der Waals surface area contributed by atoms with Crippen molar-refractivity contribution >= 4 is 21.4 Å². The van der Waals surface area contributed by atoms with E-state index >= 15 is 0 Å². The lowest BCUT2D eigenvalue weighted by Crippen LogP contribution is -2.29. The Balaban J connectivity index is 2.16. The van der Waals surface area contributed by atoms with Crippen LogP contribution in [0.3, 0.4) is 0 Å². The first-order chi connectivity index (χ1) is 10.7. The number of nitrogens with one attached hydrogen (secondary N) is 1. The molecule has 0 saturated carbocycles. The Morgan fingerprint density at radius 1 is 1.30 bits per heavy atom. The minimum atomic E-state index is -4.60. The summed E-state index contributed by atoms with van der Waals surface area (Å²) in [5.41, 5.74) is -0.217. The summed E-state index contributed by atoms with van der Waals surface area (Å²) >= 11 is 1.44. The van der Waals surface area contributed by atoms with E-state index in [9.17, 15) is 21.6 Å². The average molecular weight is 365 g/mol. The molecule has 0 amide bonds. The van der Waals surface area contributed by atoms with Gasteiger partial charge in [0.1, 0.15) is 0 Å². The highest BCUT2D eigenvalue weighted by molar-refractivity contribution is 7.89. The molecule has 0 saturated heterocycles. The zero-order valence-electron chi connectivity index (χ0n) is 12.0. The van der Waals surface area contributed by atoms with Crippen LogP contribution in [-0.4, -0.2) is 22.1 Å². The van der Waals surface area contributed by atoms with Gasteiger partial charge in [0, 0.05) is 13.7 Å². The van der Waals surface area contributed by atoms with Crippen molar-refractivity contribution in [3.63, 3.8) is 0 Å². The number of rotatable bonds is 6. The molecule has 0 aliphatic heterocycles. The Bertz CT molecular complexity index is 743. The number of hydrogen-bond donors (Lipinski definition) is 1. The molecule has 0 bridgehead atoms. The van der Waals surface area contributed by atoms with Gasteiger partial charge in [0.25, 0.3) is 0 Å². The van der Waals surface area contributed by atoms with Gasteiger partial charge in [0.15, 0.2) is 0 Å². The van der Waals surface area contributed by atoms with E-state index < -0.39 is 32.8 Å². The molecule has 0 fully saturated rings. The van der Waals surface area contributed by atoms with Crippen molar-refractivity contribution in [3.8, 4) is 0 Å². The molecule has 0 aliphatic carbocycles. The Morgan fingerprint density at radius 3 is 2.61 bits per heavy atom. The zero-order valence-corrected chi connectivity index (χ0v) is 13.6. The maximum Gasteiger partial charge on any atom is 0.416 e. The molecule has 0 aliphatic rings. The van der Waals surface area contributed by atoms with Gasteiger partial charge in [-0.05, 0) is 40.6 Å². The molecular formula is C14H14F3NO3S2. The Hall–Kier alpha value is -1.42. The van der Waals surface area contributed by atoms with E-state index in [0.29, 0.717) is 6.07 Å². The predicted molar refractivity (Wildman–Crippen MR) is 80.7 cm³/mol. The number of thiophene rings is 1. The van der Waals surface area contributed by atoms with Crippen LogP contribution in [0.25, 0.3) is 0 Å². The second-order valence-electron chi connectivity index (χ2n) is 4.66. The van der Waals surface area contributed by atoms with E-state index in [1.165, 1.54) is 18.4 Å². The molecule has 126 valence electrons. The van der Waals surface area contributed by atoms with Crippen LogP contribution in [0.5, 0.6) is 0 Å². The second kappa shape index (κ2) is 7.00. The number of sulfonamides is 1. The van der Waals surface area contributed by atoms with E-state index in [0.717, 1.165) is 23.8 Å². The van der Waals surface area contributed by atoms with Gasteiger partial charge < -0.3 is 4.74 Å². The molecule has 9 heteroatoms. The maximum atomic E-state index is 12.7. The molecule has 23 heavy (non-hydrogen) atoms. The van der Waals surface area contributed by atoms with Gasteiger partial charge in [-0.25, -0.2) is 13.1 Å². The summed E-state index contributed by atoms with van der Waals surface area (Å²) in [6.07, 6.45) is -5.11. The first kappa shape index (κ1) is 17.9. The summed E-state index contributed by atoms with van der Waals surface area (Å²) < 4.78 is 69.9. The van der Waals surface area contributed by atoms with Gasteiger partial charge in [0.05, 0.1) is 16.6 Å². The average Bonchev–Trinajstić information content (AvgIpc) is 3.01. The highest BCUT2D eigenvalue weighted by Gasteiger charge is 2.31.